The Labute approximate surface area is 115 Å². The first-order chi connectivity index (χ1) is 9.15. The minimum Gasteiger partial charge on any atom is -0.373 e. The number of rotatable bonds is 5. The van der Waals surface area contributed by atoms with Crippen molar-refractivity contribution < 1.29 is 9.53 Å². The maximum atomic E-state index is 12.0. The molecule has 104 valence electrons. The third-order valence-electron chi connectivity index (χ3n) is 3.47. The van der Waals surface area contributed by atoms with Crippen LogP contribution in [0.25, 0.3) is 0 Å². The molecule has 1 aromatic rings. The van der Waals surface area contributed by atoms with Crippen molar-refractivity contribution in [1.82, 2.24) is 4.90 Å². The molecule has 0 amide bonds. The smallest absolute Gasteiger partial charge is 0.162 e. The number of ketones is 1. The van der Waals surface area contributed by atoms with Gasteiger partial charge >= 0.3 is 0 Å². The van der Waals surface area contributed by atoms with Crippen LogP contribution in [0.4, 0.5) is 0 Å². The van der Waals surface area contributed by atoms with Gasteiger partial charge in [-0.3, -0.25) is 9.69 Å². The first-order valence-corrected chi connectivity index (χ1v) is 7.11. The molecule has 0 bridgehead atoms. The average Bonchev–Trinajstić information content (AvgIpc) is 2.38. The van der Waals surface area contributed by atoms with Gasteiger partial charge in [-0.25, -0.2) is 0 Å². The van der Waals surface area contributed by atoms with E-state index >= 15 is 0 Å². The van der Waals surface area contributed by atoms with E-state index in [1.807, 2.05) is 30.3 Å². The standard InChI is InChI=1S/C16H23NO2/c1-13-11-17(12-14(2)19-13)10-6-9-16(18)15-7-4-3-5-8-15/h3-5,7-8,13-14H,6,9-12H2,1-2H3/t13-,14+. The molecule has 1 heterocycles. The zero-order valence-electron chi connectivity index (χ0n) is 11.8. The van der Waals surface area contributed by atoms with Crippen LogP contribution in [0, 0.1) is 0 Å². The number of benzene rings is 1. The molecule has 1 fully saturated rings. The Bertz CT molecular complexity index is 394. The number of ether oxygens (including phenoxy) is 1. The molecule has 1 aromatic carbocycles. The summed E-state index contributed by atoms with van der Waals surface area (Å²) in [5, 5.41) is 0. The molecule has 19 heavy (non-hydrogen) atoms. The summed E-state index contributed by atoms with van der Waals surface area (Å²) in [6, 6.07) is 9.55. The molecule has 0 aliphatic carbocycles. The van der Waals surface area contributed by atoms with Crippen LogP contribution in [0.2, 0.25) is 0 Å². The van der Waals surface area contributed by atoms with Crippen LogP contribution in [0.5, 0.6) is 0 Å². The molecule has 0 radical (unpaired) electrons. The molecule has 2 atom stereocenters. The third-order valence-corrected chi connectivity index (χ3v) is 3.47. The number of hydrogen-bond donors (Lipinski definition) is 0. The van der Waals surface area contributed by atoms with E-state index in [9.17, 15) is 4.79 Å². The molecular formula is C16H23NO2. The molecule has 1 aliphatic rings. The second-order valence-corrected chi connectivity index (χ2v) is 5.41. The van der Waals surface area contributed by atoms with Gasteiger partial charge in [0, 0.05) is 25.1 Å². The van der Waals surface area contributed by atoms with Gasteiger partial charge in [-0.15, -0.1) is 0 Å². The summed E-state index contributed by atoms with van der Waals surface area (Å²) in [4.78, 5) is 14.4. The van der Waals surface area contributed by atoms with Crippen molar-refractivity contribution in [3.63, 3.8) is 0 Å². The predicted molar refractivity (Wildman–Crippen MR) is 76.5 cm³/mol. The molecule has 1 saturated heterocycles. The van der Waals surface area contributed by atoms with Gasteiger partial charge in [-0.1, -0.05) is 30.3 Å². The average molecular weight is 261 g/mol. The van der Waals surface area contributed by atoms with E-state index in [1.165, 1.54) is 0 Å². The molecule has 1 aliphatic heterocycles. The summed E-state index contributed by atoms with van der Waals surface area (Å²) in [5.41, 5.74) is 0.825. The lowest BCUT2D eigenvalue weighted by Gasteiger charge is -2.35. The minimum absolute atomic E-state index is 0.245. The Hall–Kier alpha value is -1.19. The second-order valence-electron chi connectivity index (χ2n) is 5.41. The zero-order valence-corrected chi connectivity index (χ0v) is 11.8. The Morgan fingerprint density at radius 3 is 2.47 bits per heavy atom. The van der Waals surface area contributed by atoms with Crippen LogP contribution in [-0.4, -0.2) is 42.5 Å². The lowest BCUT2D eigenvalue weighted by atomic mass is 10.1. The molecule has 0 N–H and O–H groups in total. The molecule has 0 unspecified atom stereocenters. The SMILES string of the molecule is C[C@@H]1CN(CCCC(=O)c2ccccc2)C[C@H](C)O1. The molecule has 0 spiro atoms. The van der Waals surface area contributed by atoms with E-state index < -0.39 is 0 Å². The molecule has 0 saturated carbocycles. The van der Waals surface area contributed by atoms with Crippen molar-refractivity contribution in [2.75, 3.05) is 19.6 Å². The van der Waals surface area contributed by atoms with Crippen LogP contribution >= 0.6 is 0 Å². The van der Waals surface area contributed by atoms with E-state index in [2.05, 4.69) is 18.7 Å². The van der Waals surface area contributed by atoms with Crippen LogP contribution in [0.1, 0.15) is 37.0 Å². The maximum absolute atomic E-state index is 12.0. The summed E-state index contributed by atoms with van der Waals surface area (Å²) in [5.74, 6) is 0.245. The van der Waals surface area contributed by atoms with Gasteiger partial charge in [0.2, 0.25) is 0 Å². The monoisotopic (exact) mass is 261 g/mol. The lowest BCUT2D eigenvalue weighted by molar-refractivity contribution is -0.0680. The normalized spacial score (nSPS) is 24.3. The van der Waals surface area contributed by atoms with E-state index in [1.54, 1.807) is 0 Å². The van der Waals surface area contributed by atoms with Gasteiger partial charge in [0.1, 0.15) is 0 Å². The largest absolute Gasteiger partial charge is 0.373 e. The highest BCUT2D eigenvalue weighted by molar-refractivity contribution is 5.95. The summed E-state index contributed by atoms with van der Waals surface area (Å²) in [6.45, 7) is 7.15. The summed E-state index contributed by atoms with van der Waals surface area (Å²) < 4.78 is 5.70. The van der Waals surface area contributed by atoms with Gasteiger partial charge in [-0.05, 0) is 26.8 Å². The maximum Gasteiger partial charge on any atom is 0.162 e. The van der Waals surface area contributed by atoms with E-state index in [4.69, 9.17) is 4.74 Å². The fraction of sp³-hybridized carbons (Fsp3) is 0.562. The van der Waals surface area contributed by atoms with Crippen molar-refractivity contribution in [2.24, 2.45) is 0 Å². The fourth-order valence-corrected chi connectivity index (χ4v) is 2.70. The number of carbonyl (C=O) groups is 1. The Balaban J connectivity index is 1.73. The zero-order chi connectivity index (χ0) is 13.7. The topological polar surface area (TPSA) is 29.5 Å². The molecule has 2 rings (SSSR count). The second kappa shape index (κ2) is 6.83. The third kappa shape index (κ3) is 4.44. The first-order valence-electron chi connectivity index (χ1n) is 7.11. The Morgan fingerprint density at radius 1 is 1.21 bits per heavy atom. The number of hydrogen-bond acceptors (Lipinski definition) is 3. The van der Waals surface area contributed by atoms with Crippen LogP contribution < -0.4 is 0 Å². The van der Waals surface area contributed by atoms with Gasteiger partial charge in [-0.2, -0.15) is 0 Å². The van der Waals surface area contributed by atoms with Crippen molar-refractivity contribution in [2.45, 2.75) is 38.9 Å². The van der Waals surface area contributed by atoms with E-state index in [-0.39, 0.29) is 5.78 Å². The molecule has 3 heteroatoms. The van der Waals surface area contributed by atoms with Gasteiger partial charge in [0.05, 0.1) is 12.2 Å². The number of Topliss-reactive ketones (excluding diaryl/α,β-unsaturated/α-hetero) is 1. The summed E-state index contributed by atoms with van der Waals surface area (Å²) >= 11 is 0. The number of nitrogens with zero attached hydrogens (tertiary/aromatic N) is 1. The van der Waals surface area contributed by atoms with Crippen LogP contribution in [0.3, 0.4) is 0 Å². The van der Waals surface area contributed by atoms with Crippen molar-refractivity contribution in [3.8, 4) is 0 Å². The van der Waals surface area contributed by atoms with Crippen molar-refractivity contribution in [3.05, 3.63) is 35.9 Å². The number of morpholine rings is 1. The van der Waals surface area contributed by atoms with Crippen LogP contribution in [0.15, 0.2) is 30.3 Å². The lowest BCUT2D eigenvalue weighted by Crippen LogP contribution is -2.45. The Kier molecular flexibility index (Phi) is 5.11. The van der Waals surface area contributed by atoms with E-state index in [0.29, 0.717) is 18.6 Å². The highest BCUT2D eigenvalue weighted by Gasteiger charge is 2.21. The number of carbonyl (C=O) groups excluding carboxylic acids is 1. The van der Waals surface area contributed by atoms with Crippen LogP contribution in [-0.2, 0) is 4.74 Å². The van der Waals surface area contributed by atoms with E-state index in [0.717, 1.165) is 31.6 Å². The van der Waals surface area contributed by atoms with Gasteiger partial charge in [0.15, 0.2) is 5.78 Å². The highest BCUT2D eigenvalue weighted by atomic mass is 16.5. The van der Waals surface area contributed by atoms with Gasteiger partial charge in [0.25, 0.3) is 0 Å². The molecule has 3 nitrogen and oxygen atoms in total. The minimum atomic E-state index is 0.245. The Morgan fingerprint density at radius 2 is 1.84 bits per heavy atom. The summed E-state index contributed by atoms with van der Waals surface area (Å²) in [6.07, 6.45) is 2.15. The predicted octanol–water partition coefficient (Wildman–Crippen LogP) is 2.76. The quantitative estimate of drug-likeness (QED) is 0.763. The first kappa shape index (κ1) is 14.2. The van der Waals surface area contributed by atoms with Crippen molar-refractivity contribution in [1.29, 1.82) is 0 Å². The molecular weight excluding hydrogens is 238 g/mol. The highest BCUT2D eigenvalue weighted by Crippen LogP contribution is 2.12. The summed E-state index contributed by atoms with van der Waals surface area (Å²) in [7, 11) is 0. The van der Waals surface area contributed by atoms with Crippen molar-refractivity contribution >= 4 is 5.78 Å². The molecule has 0 aromatic heterocycles. The fourth-order valence-electron chi connectivity index (χ4n) is 2.70. The van der Waals surface area contributed by atoms with Gasteiger partial charge < -0.3 is 4.74 Å².